The van der Waals surface area contributed by atoms with Crippen molar-refractivity contribution in [3.05, 3.63) is 46.3 Å². The number of imide groups is 1. The minimum atomic E-state index is -0.769. The molecule has 0 spiro atoms. The molecule has 1 aromatic heterocycles. The Balaban J connectivity index is 1.95. The molecule has 2 N–H and O–H groups in total. The summed E-state index contributed by atoms with van der Waals surface area (Å²) in [4.78, 5) is 48.9. The van der Waals surface area contributed by atoms with Gasteiger partial charge in [0.25, 0.3) is 11.8 Å². The second kappa shape index (κ2) is 9.53. The fraction of sp³-hybridized carbons (Fsp3) is 0.333. The third-order valence-corrected chi connectivity index (χ3v) is 5.09. The molecule has 1 aromatic carbocycles. The molecule has 0 bridgehead atoms. The summed E-state index contributed by atoms with van der Waals surface area (Å²) in [5.74, 6) is -2.01. The maximum absolute atomic E-state index is 12.3. The zero-order valence-corrected chi connectivity index (χ0v) is 18.3. The van der Waals surface area contributed by atoms with Crippen LogP contribution < -0.4 is 15.4 Å². The van der Waals surface area contributed by atoms with Gasteiger partial charge in [0.1, 0.15) is 10.6 Å². The number of aryl methyl sites for hydroxylation is 1. The molecule has 8 nitrogen and oxygen atoms in total. The van der Waals surface area contributed by atoms with Gasteiger partial charge >= 0.3 is 5.97 Å². The van der Waals surface area contributed by atoms with Crippen LogP contribution in [0.2, 0.25) is 0 Å². The number of hydrogen-bond acceptors (Lipinski definition) is 7. The Bertz CT molecular complexity index is 974. The van der Waals surface area contributed by atoms with Gasteiger partial charge in [0, 0.05) is 5.41 Å². The summed E-state index contributed by atoms with van der Waals surface area (Å²) < 4.78 is 10.1. The Morgan fingerprint density at radius 2 is 1.77 bits per heavy atom. The topological polar surface area (TPSA) is 111 Å². The van der Waals surface area contributed by atoms with Gasteiger partial charge < -0.3 is 14.8 Å². The van der Waals surface area contributed by atoms with Gasteiger partial charge in [-0.05, 0) is 30.7 Å². The number of benzene rings is 1. The summed E-state index contributed by atoms with van der Waals surface area (Å²) >= 11 is 1.06. The first-order chi connectivity index (χ1) is 14.0. The van der Waals surface area contributed by atoms with E-state index in [1.165, 1.54) is 13.2 Å². The van der Waals surface area contributed by atoms with E-state index in [9.17, 15) is 19.2 Å². The number of esters is 1. The summed E-state index contributed by atoms with van der Waals surface area (Å²) in [6.07, 6.45) is 0. The van der Waals surface area contributed by atoms with E-state index in [2.05, 4.69) is 10.6 Å². The van der Waals surface area contributed by atoms with E-state index >= 15 is 0 Å². The molecule has 0 aliphatic heterocycles. The molecule has 3 amide bonds. The number of rotatable bonds is 6. The van der Waals surface area contributed by atoms with Crippen LogP contribution in [0.3, 0.4) is 0 Å². The molecule has 1 heterocycles. The molecule has 0 unspecified atom stereocenters. The fourth-order valence-electron chi connectivity index (χ4n) is 2.30. The number of amides is 3. The lowest BCUT2D eigenvalue weighted by Gasteiger charge is -2.16. The van der Waals surface area contributed by atoms with E-state index in [1.54, 1.807) is 52.0 Å². The number of nitrogens with one attached hydrogen (secondary N) is 2. The van der Waals surface area contributed by atoms with Crippen molar-refractivity contribution in [2.75, 3.05) is 19.0 Å². The molecular weight excluding hydrogens is 408 g/mol. The van der Waals surface area contributed by atoms with Crippen LogP contribution >= 0.6 is 11.3 Å². The van der Waals surface area contributed by atoms with Crippen LogP contribution in [0.4, 0.5) is 5.00 Å². The van der Waals surface area contributed by atoms with E-state index in [0.717, 1.165) is 11.3 Å². The van der Waals surface area contributed by atoms with E-state index in [0.29, 0.717) is 16.3 Å². The van der Waals surface area contributed by atoms with Crippen LogP contribution in [0.1, 0.15) is 46.4 Å². The Morgan fingerprint density at radius 3 is 2.40 bits per heavy atom. The summed E-state index contributed by atoms with van der Waals surface area (Å²) in [5, 5.41) is 5.41. The predicted octanol–water partition coefficient (Wildman–Crippen LogP) is 3.16. The summed E-state index contributed by atoms with van der Waals surface area (Å²) in [6, 6.07) is 8.10. The quantitative estimate of drug-likeness (QED) is 0.679. The van der Waals surface area contributed by atoms with Gasteiger partial charge in [0.05, 0.1) is 17.7 Å². The maximum Gasteiger partial charge on any atom is 0.349 e. The molecule has 2 aromatic rings. The Hall–Kier alpha value is -3.20. The van der Waals surface area contributed by atoms with Gasteiger partial charge in [0.2, 0.25) is 5.91 Å². The second-order valence-electron chi connectivity index (χ2n) is 7.48. The standard InChI is InChI=1S/C21H24N2O6S/c1-12-10-16(23-20(27)21(2,3)4)30-17(12)19(26)29-11-15(24)22-18(25)13-8-6-7-9-14(13)28-5/h6-10H,11H2,1-5H3,(H,23,27)(H,22,24,25). The molecule has 0 fully saturated rings. The largest absolute Gasteiger partial charge is 0.496 e. The van der Waals surface area contributed by atoms with Gasteiger partial charge in [-0.3, -0.25) is 19.7 Å². The number of ether oxygens (including phenoxy) is 2. The fourth-order valence-corrected chi connectivity index (χ4v) is 3.27. The highest BCUT2D eigenvalue weighted by Crippen LogP contribution is 2.29. The van der Waals surface area contributed by atoms with Gasteiger partial charge in [-0.15, -0.1) is 11.3 Å². The number of anilines is 1. The lowest BCUT2D eigenvalue weighted by Crippen LogP contribution is -2.34. The molecule has 0 saturated heterocycles. The summed E-state index contributed by atoms with van der Waals surface area (Å²) in [6.45, 7) is 6.42. The van der Waals surface area contributed by atoms with Gasteiger partial charge in [0.15, 0.2) is 6.61 Å². The number of thiophene rings is 1. The lowest BCUT2D eigenvalue weighted by atomic mass is 9.96. The first-order valence-corrected chi connectivity index (χ1v) is 9.90. The SMILES string of the molecule is COc1ccccc1C(=O)NC(=O)COC(=O)c1sc(NC(=O)C(C)(C)C)cc1C. The van der Waals surface area contributed by atoms with Crippen molar-refractivity contribution < 1.29 is 28.7 Å². The Morgan fingerprint density at radius 1 is 1.10 bits per heavy atom. The average Bonchev–Trinajstić information content (AvgIpc) is 3.05. The predicted molar refractivity (Wildman–Crippen MR) is 113 cm³/mol. The number of carbonyl (C=O) groups excluding carboxylic acids is 4. The summed E-state index contributed by atoms with van der Waals surface area (Å²) in [7, 11) is 1.41. The highest BCUT2D eigenvalue weighted by molar-refractivity contribution is 7.18. The van der Waals surface area contributed by atoms with Crippen LogP contribution in [0.15, 0.2) is 30.3 Å². The van der Waals surface area contributed by atoms with Crippen molar-refractivity contribution in [3.8, 4) is 5.75 Å². The maximum atomic E-state index is 12.3. The van der Waals surface area contributed by atoms with E-state index < -0.39 is 29.8 Å². The van der Waals surface area contributed by atoms with Gasteiger partial charge in [-0.2, -0.15) is 0 Å². The molecule has 0 aliphatic carbocycles. The van der Waals surface area contributed by atoms with Crippen molar-refractivity contribution in [2.24, 2.45) is 5.41 Å². The first kappa shape index (κ1) is 23.1. The van der Waals surface area contributed by atoms with E-state index in [-0.39, 0.29) is 16.3 Å². The van der Waals surface area contributed by atoms with Crippen LogP contribution in [0, 0.1) is 12.3 Å². The molecule has 0 saturated carbocycles. The minimum Gasteiger partial charge on any atom is -0.496 e. The Kier molecular flexibility index (Phi) is 7.33. The molecule has 0 atom stereocenters. The zero-order valence-electron chi connectivity index (χ0n) is 17.5. The minimum absolute atomic E-state index is 0.183. The third kappa shape index (κ3) is 5.90. The van der Waals surface area contributed by atoms with Crippen LogP contribution in [-0.2, 0) is 14.3 Å². The van der Waals surface area contributed by atoms with Crippen molar-refractivity contribution in [3.63, 3.8) is 0 Å². The third-order valence-electron chi connectivity index (χ3n) is 3.96. The smallest absolute Gasteiger partial charge is 0.349 e. The van der Waals surface area contributed by atoms with E-state index in [4.69, 9.17) is 9.47 Å². The molecule has 9 heteroatoms. The van der Waals surface area contributed by atoms with Crippen molar-refractivity contribution in [1.82, 2.24) is 5.32 Å². The van der Waals surface area contributed by atoms with Crippen molar-refractivity contribution >= 4 is 40.0 Å². The normalized spacial score (nSPS) is 10.8. The highest BCUT2D eigenvalue weighted by Gasteiger charge is 2.24. The van der Waals surface area contributed by atoms with Crippen molar-refractivity contribution in [1.29, 1.82) is 0 Å². The number of methoxy groups -OCH3 is 1. The average molecular weight is 432 g/mol. The molecule has 0 radical (unpaired) electrons. The lowest BCUT2D eigenvalue weighted by molar-refractivity contribution is -0.123. The first-order valence-electron chi connectivity index (χ1n) is 9.09. The summed E-state index contributed by atoms with van der Waals surface area (Å²) in [5.41, 5.74) is 0.220. The molecular formula is C21H24N2O6S. The monoisotopic (exact) mass is 432 g/mol. The number of para-hydroxylation sites is 1. The molecule has 30 heavy (non-hydrogen) atoms. The molecule has 0 aliphatic rings. The van der Waals surface area contributed by atoms with Crippen molar-refractivity contribution in [2.45, 2.75) is 27.7 Å². The highest BCUT2D eigenvalue weighted by atomic mass is 32.1. The number of hydrogen-bond donors (Lipinski definition) is 2. The second-order valence-corrected chi connectivity index (χ2v) is 8.53. The number of carbonyl (C=O) groups is 4. The van der Waals surface area contributed by atoms with Gasteiger partial charge in [-0.1, -0.05) is 32.9 Å². The van der Waals surface area contributed by atoms with Crippen LogP contribution in [0.25, 0.3) is 0 Å². The zero-order chi connectivity index (χ0) is 22.5. The molecule has 2 rings (SSSR count). The van der Waals surface area contributed by atoms with Gasteiger partial charge in [-0.25, -0.2) is 4.79 Å². The molecule has 160 valence electrons. The van der Waals surface area contributed by atoms with E-state index in [1.807, 2.05) is 0 Å². The van der Waals surface area contributed by atoms with Crippen LogP contribution in [-0.4, -0.2) is 37.4 Å². The Labute approximate surface area is 178 Å². The van der Waals surface area contributed by atoms with Crippen LogP contribution in [0.5, 0.6) is 5.75 Å².